The van der Waals surface area contributed by atoms with Crippen molar-refractivity contribution in [1.29, 1.82) is 0 Å². The highest BCUT2D eigenvalue weighted by molar-refractivity contribution is 6.16. The predicted molar refractivity (Wildman–Crippen MR) is 121 cm³/mol. The van der Waals surface area contributed by atoms with E-state index in [1.165, 1.54) is 0 Å². The highest BCUT2D eigenvalue weighted by Gasteiger charge is 2.25. The van der Waals surface area contributed by atoms with Crippen LogP contribution in [0.4, 0.5) is 0 Å². The van der Waals surface area contributed by atoms with Crippen molar-refractivity contribution in [3.8, 4) is 17.0 Å². The predicted octanol–water partition coefficient (Wildman–Crippen LogP) is 2.73. The highest BCUT2D eigenvalue weighted by atomic mass is 16.5. The maximum absolute atomic E-state index is 12.2. The van der Waals surface area contributed by atoms with Crippen LogP contribution in [0.1, 0.15) is 16.1 Å². The van der Waals surface area contributed by atoms with E-state index in [4.69, 9.17) is 9.47 Å². The van der Waals surface area contributed by atoms with E-state index in [1.54, 1.807) is 12.4 Å². The summed E-state index contributed by atoms with van der Waals surface area (Å²) in [6.45, 7) is 5.47. The van der Waals surface area contributed by atoms with E-state index in [-0.39, 0.29) is 5.91 Å². The number of benzene rings is 1. The van der Waals surface area contributed by atoms with Gasteiger partial charge in [0.1, 0.15) is 12.4 Å². The fourth-order valence-corrected chi connectivity index (χ4v) is 4.50. The van der Waals surface area contributed by atoms with Crippen LogP contribution in [-0.2, 0) is 11.3 Å². The Morgan fingerprint density at radius 1 is 1.09 bits per heavy atom. The Balaban J connectivity index is 1.28. The van der Waals surface area contributed by atoms with Gasteiger partial charge in [0.05, 0.1) is 42.7 Å². The van der Waals surface area contributed by atoms with Crippen LogP contribution in [0.2, 0.25) is 0 Å². The fraction of sp³-hybridized carbons (Fsp3) is 0.292. The van der Waals surface area contributed by atoms with Crippen molar-refractivity contribution in [3.05, 3.63) is 54.1 Å². The van der Waals surface area contributed by atoms with E-state index in [0.29, 0.717) is 13.2 Å². The molecular formula is C24H23N5O3. The lowest BCUT2D eigenvalue weighted by molar-refractivity contribution is 0.0322. The second-order valence-corrected chi connectivity index (χ2v) is 8.15. The van der Waals surface area contributed by atoms with Crippen molar-refractivity contribution in [2.75, 3.05) is 39.5 Å². The lowest BCUT2D eigenvalue weighted by atomic mass is 10.0. The Kier molecular flexibility index (Phi) is 4.74. The highest BCUT2D eigenvalue weighted by Crippen LogP contribution is 2.33. The molecule has 162 valence electrons. The number of pyridine rings is 2. The Bertz CT molecular complexity index is 1330. The molecule has 8 nitrogen and oxygen atoms in total. The molecule has 2 N–H and O–H groups in total. The number of rotatable bonds is 5. The van der Waals surface area contributed by atoms with Gasteiger partial charge in [-0.3, -0.25) is 19.7 Å². The monoisotopic (exact) mass is 429 g/mol. The summed E-state index contributed by atoms with van der Waals surface area (Å²) < 4.78 is 11.3. The average molecular weight is 429 g/mol. The van der Waals surface area contributed by atoms with Crippen LogP contribution in [0, 0.1) is 0 Å². The second kappa shape index (κ2) is 7.89. The SMILES string of the molecule is O=C1NCc2[nH]c3c(ccc4cnc(-c5cncc(OCCN6CCOCC6)c5)cc43)c21. The third kappa shape index (κ3) is 3.37. The second-order valence-electron chi connectivity index (χ2n) is 8.15. The number of hydrogen-bond donors (Lipinski definition) is 2. The van der Waals surface area contributed by atoms with Crippen molar-refractivity contribution in [2.45, 2.75) is 6.54 Å². The zero-order valence-electron chi connectivity index (χ0n) is 17.6. The zero-order chi connectivity index (χ0) is 21.5. The molecule has 5 heterocycles. The molecule has 4 aromatic rings. The quantitative estimate of drug-likeness (QED) is 0.507. The number of nitrogens with one attached hydrogen (secondary N) is 2. The van der Waals surface area contributed by atoms with E-state index in [0.717, 1.165) is 82.8 Å². The van der Waals surface area contributed by atoms with Crippen LogP contribution in [0.3, 0.4) is 0 Å². The Morgan fingerprint density at radius 2 is 2.00 bits per heavy atom. The van der Waals surface area contributed by atoms with Gasteiger partial charge in [0.15, 0.2) is 0 Å². The molecule has 1 aromatic carbocycles. The van der Waals surface area contributed by atoms with Gasteiger partial charge >= 0.3 is 0 Å². The van der Waals surface area contributed by atoms with Gasteiger partial charge in [0.25, 0.3) is 5.91 Å². The van der Waals surface area contributed by atoms with Gasteiger partial charge < -0.3 is 19.8 Å². The third-order valence-electron chi connectivity index (χ3n) is 6.19. The van der Waals surface area contributed by atoms with E-state index in [9.17, 15) is 4.79 Å². The Morgan fingerprint density at radius 3 is 2.91 bits per heavy atom. The van der Waals surface area contributed by atoms with Gasteiger partial charge in [-0.25, -0.2) is 0 Å². The smallest absolute Gasteiger partial charge is 0.254 e. The van der Waals surface area contributed by atoms with E-state index >= 15 is 0 Å². The molecular weight excluding hydrogens is 406 g/mol. The van der Waals surface area contributed by atoms with E-state index in [2.05, 4.69) is 31.2 Å². The molecule has 32 heavy (non-hydrogen) atoms. The first-order chi connectivity index (χ1) is 15.8. The molecule has 0 unspecified atom stereocenters. The molecule has 0 atom stereocenters. The Hall–Kier alpha value is -3.49. The van der Waals surface area contributed by atoms with Crippen molar-refractivity contribution >= 4 is 27.6 Å². The number of morpholine rings is 1. The zero-order valence-corrected chi connectivity index (χ0v) is 17.6. The molecule has 2 aliphatic rings. The molecule has 1 fully saturated rings. The molecule has 0 spiro atoms. The maximum Gasteiger partial charge on any atom is 0.254 e. The molecule has 0 saturated carbocycles. The molecule has 1 saturated heterocycles. The van der Waals surface area contributed by atoms with Gasteiger partial charge in [0.2, 0.25) is 0 Å². The first-order valence-electron chi connectivity index (χ1n) is 10.9. The minimum absolute atomic E-state index is 0.0222. The Labute approximate surface area is 184 Å². The summed E-state index contributed by atoms with van der Waals surface area (Å²) in [6, 6.07) is 8.03. The van der Waals surface area contributed by atoms with Gasteiger partial charge in [0, 0.05) is 59.4 Å². The molecule has 2 aliphatic heterocycles. The van der Waals surface area contributed by atoms with Gasteiger partial charge in [-0.15, -0.1) is 0 Å². The normalized spacial score (nSPS) is 16.4. The van der Waals surface area contributed by atoms with Crippen LogP contribution in [0.5, 0.6) is 5.75 Å². The topological polar surface area (TPSA) is 92.4 Å². The standard InChI is InChI=1S/C24H23N5O3/c30-24-22-18-2-1-15-12-26-20(10-19(15)23(18)28-21(22)14-27-24)16-9-17(13-25-11-16)32-8-5-29-3-6-31-7-4-29/h1-2,9-13,28H,3-8,14H2,(H,27,30). The summed E-state index contributed by atoms with van der Waals surface area (Å²) in [5.41, 5.74) is 4.36. The number of hydrogen-bond acceptors (Lipinski definition) is 6. The number of aromatic nitrogens is 3. The molecule has 6 rings (SSSR count). The van der Waals surface area contributed by atoms with Crippen LogP contribution in [0.25, 0.3) is 32.9 Å². The summed E-state index contributed by atoms with van der Waals surface area (Å²) in [4.78, 5) is 27.0. The van der Waals surface area contributed by atoms with Crippen molar-refractivity contribution in [2.24, 2.45) is 0 Å². The molecule has 0 radical (unpaired) electrons. The maximum atomic E-state index is 12.2. The first-order valence-corrected chi connectivity index (χ1v) is 10.9. The number of carbonyl (C=O) groups excluding carboxylic acids is 1. The van der Waals surface area contributed by atoms with Crippen LogP contribution < -0.4 is 10.1 Å². The van der Waals surface area contributed by atoms with E-state index in [1.807, 2.05) is 24.4 Å². The third-order valence-corrected chi connectivity index (χ3v) is 6.19. The molecule has 0 bridgehead atoms. The number of fused-ring (bicyclic) bond motifs is 5. The summed E-state index contributed by atoms with van der Waals surface area (Å²) in [7, 11) is 0. The lowest BCUT2D eigenvalue weighted by Gasteiger charge is -2.26. The lowest BCUT2D eigenvalue weighted by Crippen LogP contribution is -2.38. The number of H-pyrrole nitrogens is 1. The minimum atomic E-state index is -0.0222. The van der Waals surface area contributed by atoms with Crippen molar-refractivity contribution < 1.29 is 14.3 Å². The van der Waals surface area contributed by atoms with Crippen molar-refractivity contribution in [3.63, 3.8) is 0 Å². The van der Waals surface area contributed by atoms with Crippen molar-refractivity contribution in [1.82, 2.24) is 25.2 Å². The average Bonchev–Trinajstić information content (AvgIpc) is 3.39. The van der Waals surface area contributed by atoms with Crippen LogP contribution >= 0.6 is 0 Å². The van der Waals surface area contributed by atoms with Crippen LogP contribution in [0.15, 0.2) is 42.9 Å². The fourth-order valence-electron chi connectivity index (χ4n) is 4.50. The number of aromatic amines is 1. The summed E-state index contributed by atoms with van der Waals surface area (Å²) in [5.74, 6) is 0.706. The van der Waals surface area contributed by atoms with Gasteiger partial charge in [-0.2, -0.15) is 0 Å². The summed E-state index contributed by atoms with van der Waals surface area (Å²) in [5, 5.41) is 5.87. The number of ether oxygens (including phenoxy) is 2. The van der Waals surface area contributed by atoms with Gasteiger partial charge in [-0.1, -0.05) is 12.1 Å². The number of nitrogens with zero attached hydrogens (tertiary/aromatic N) is 3. The molecule has 1 amide bonds. The minimum Gasteiger partial charge on any atom is -0.491 e. The van der Waals surface area contributed by atoms with Gasteiger partial charge in [-0.05, 0) is 12.1 Å². The largest absolute Gasteiger partial charge is 0.491 e. The molecule has 0 aliphatic carbocycles. The molecule has 8 heteroatoms. The van der Waals surface area contributed by atoms with E-state index < -0.39 is 0 Å². The summed E-state index contributed by atoms with van der Waals surface area (Å²) >= 11 is 0. The number of amides is 1. The molecule has 3 aromatic heterocycles. The number of carbonyl (C=O) groups is 1. The summed E-state index contributed by atoms with van der Waals surface area (Å²) in [6.07, 6.45) is 5.39. The van der Waals surface area contributed by atoms with Crippen LogP contribution in [-0.4, -0.2) is 65.2 Å². The first kappa shape index (κ1) is 19.2.